The molecule has 2 aliphatic heterocycles. The van der Waals surface area contributed by atoms with Crippen LogP contribution in [0.15, 0.2) is 97.6 Å². The number of alkyl halides is 6. The Hall–Kier alpha value is -6.78. The number of nitrogens with one attached hydrogen (secondary N) is 2. The number of carbonyl (C=O) groups is 2. The largest absolute Gasteiger partial charge is 0.484 e. The molecule has 0 aliphatic carbocycles. The first-order valence-corrected chi connectivity index (χ1v) is 22.9. The number of carboxylic acid groups (broad SMARTS) is 2. The molecule has 0 saturated carbocycles. The topological polar surface area (TPSA) is 143 Å². The number of fused-ring (bicyclic) bond motifs is 2. The van der Waals surface area contributed by atoms with Gasteiger partial charge in [-0.2, -0.15) is 26.3 Å². The SMILES string of the molecule is Cc1cc(OCC(F)(F)F)cc(C)c1-c1ccc2c(c1)CCN[C@@H]2CCc1cnccc1C(=O)O.Cc1cc(OCC(F)(F)F)cc(C)c1-c1ccc2c(c1)CCN[C@H]2CCc1cnccc1C(=O)O. The molecule has 2 atom stereocenters. The summed E-state index contributed by atoms with van der Waals surface area (Å²) in [5, 5.41) is 25.9. The minimum Gasteiger partial charge on any atom is -0.484 e. The zero-order valence-electron chi connectivity index (χ0n) is 39.2. The molecule has 2 aromatic heterocycles. The second kappa shape index (κ2) is 21.9. The second-order valence-electron chi connectivity index (χ2n) is 17.8. The summed E-state index contributed by atoms with van der Waals surface area (Å²) in [6.45, 7) is 6.49. The standard InChI is InChI=1S/2C27H27F3N2O3/c2*1-16-11-21(35-15-27(28,29)30)12-17(2)25(16)19-3-5-22-18(13-19)7-10-32-24(22)6-4-20-14-31-9-8-23(20)26(33)34/h2*3,5,8-9,11-14,24,32H,4,6-7,10,15H2,1-2H3,(H,33,34)/t2*24-/m10/s1. The third-order valence-corrected chi connectivity index (χ3v) is 12.7. The molecule has 16 heteroatoms. The zero-order chi connectivity index (χ0) is 50.3. The number of nitrogens with zero attached hydrogens (tertiary/aromatic N) is 2. The van der Waals surface area contributed by atoms with Crippen molar-refractivity contribution in [3.05, 3.63) is 164 Å². The van der Waals surface area contributed by atoms with E-state index in [2.05, 4.69) is 44.9 Å². The number of aryl methyl sites for hydroxylation is 6. The summed E-state index contributed by atoms with van der Waals surface area (Å²) < 4.78 is 85.0. The van der Waals surface area contributed by atoms with Gasteiger partial charge >= 0.3 is 24.3 Å². The van der Waals surface area contributed by atoms with Crippen molar-refractivity contribution >= 4 is 11.9 Å². The molecule has 4 heterocycles. The van der Waals surface area contributed by atoms with Crippen LogP contribution >= 0.6 is 0 Å². The maximum atomic E-state index is 12.5. The summed E-state index contributed by atoms with van der Waals surface area (Å²) in [4.78, 5) is 31.2. The number of hydrogen-bond acceptors (Lipinski definition) is 8. The summed E-state index contributed by atoms with van der Waals surface area (Å²) in [6.07, 6.45) is 1.82. The molecule has 0 radical (unpaired) electrons. The first-order chi connectivity index (χ1) is 33.2. The molecule has 4 aromatic carbocycles. The highest BCUT2D eigenvalue weighted by atomic mass is 19.4. The summed E-state index contributed by atoms with van der Waals surface area (Å²) in [5.41, 5.74) is 14.2. The number of halogens is 6. The van der Waals surface area contributed by atoms with Gasteiger partial charge in [-0.15, -0.1) is 0 Å². The number of ether oxygens (including phenoxy) is 2. The Kier molecular flexibility index (Phi) is 16.0. The number of aromatic nitrogens is 2. The van der Waals surface area contributed by atoms with E-state index in [0.717, 1.165) is 83.3 Å². The van der Waals surface area contributed by atoms with E-state index in [-0.39, 0.29) is 34.7 Å². The van der Waals surface area contributed by atoms with E-state index in [1.54, 1.807) is 36.7 Å². The van der Waals surface area contributed by atoms with Crippen molar-refractivity contribution in [2.75, 3.05) is 26.3 Å². The van der Waals surface area contributed by atoms with Crippen LogP contribution in [0.3, 0.4) is 0 Å². The number of aromatic carboxylic acids is 2. The van der Waals surface area contributed by atoms with Crippen molar-refractivity contribution in [3.63, 3.8) is 0 Å². The van der Waals surface area contributed by atoms with Crippen LogP contribution in [0, 0.1) is 27.7 Å². The van der Waals surface area contributed by atoms with E-state index in [4.69, 9.17) is 9.47 Å². The molecule has 6 aromatic rings. The van der Waals surface area contributed by atoms with Crippen LogP contribution in [-0.4, -0.2) is 70.8 Å². The maximum absolute atomic E-state index is 12.5. The summed E-state index contributed by atoms with van der Waals surface area (Å²) in [5.74, 6) is -1.49. The fourth-order valence-electron chi connectivity index (χ4n) is 9.66. The van der Waals surface area contributed by atoms with E-state index in [1.807, 2.05) is 39.8 Å². The lowest BCUT2D eigenvalue weighted by atomic mass is 9.86. The molecular weight excluding hydrogens is 915 g/mol. The third-order valence-electron chi connectivity index (χ3n) is 12.7. The highest BCUT2D eigenvalue weighted by molar-refractivity contribution is 5.89. The van der Waals surface area contributed by atoms with Crippen molar-refractivity contribution in [2.24, 2.45) is 0 Å². The highest BCUT2D eigenvalue weighted by Gasteiger charge is 2.30. The molecule has 10 nitrogen and oxygen atoms in total. The van der Waals surface area contributed by atoms with Crippen LogP contribution < -0.4 is 20.1 Å². The van der Waals surface area contributed by atoms with Crippen molar-refractivity contribution in [2.45, 2.75) is 90.7 Å². The lowest BCUT2D eigenvalue weighted by molar-refractivity contribution is -0.154. The Morgan fingerprint density at radius 2 is 0.957 bits per heavy atom. The van der Waals surface area contributed by atoms with E-state index >= 15 is 0 Å². The van der Waals surface area contributed by atoms with Crippen LogP contribution in [-0.2, 0) is 25.7 Å². The van der Waals surface area contributed by atoms with Crippen LogP contribution in [0.5, 0.6) is 11.5 Å². The second-order valence-corrected chi connectivity index (χ2v) is 17.8. The molecule has 0 fully saturated rings. The van der Waals surface area contributed by atoms with Gasteiger partial charge in [0.15, 0.2) is 13.2 Å². The molecule has 0 amide bonds. The highest BCUT2D eigenvalue weighted by Crippen LogP contribution is 2.38. The van der Waals surface area contributed by atoms with Crippen molar-refractivity contribution < 1.29 is 55.6 Å². The van der Waals surface area contributed by atoms with Crippen LogP contribution in [0.1, 0.15) is 101 Å². The Labute approximate surface area is 402 Å². The molecule has 2 aliphatic rings. The predicted molar refractivity (Wildman–Crippen MR) is 254 cm³/mol. The number of pyridine rings is 2. The summed E-state index contributed by atoms with van der Waals surface area (Å²) in [6, 6.07) is 22.4. The van der Waals surface area contributed by atoms with Crippen LogP contribution in [0.4, 0.5) is 26.3 Å². The van der Waals surface area contributed by atoms with Gasteiger partial charge in [-0.25, -0.2) is 9.59 Å². The van der Waals surface area contributed by atoms with Crippen molar-refractivity contribution in [1.29, 1.82) is 0 Å². The van der Waals surface area contributed by atoms with Gasteiger partial charge in [0.1, 0.15) is 11.5 Å². The Morgan fingerprint density at radius 3 is 1.30 bits per heavy atom. The number of rotatable bonds is 14. The van der Waals surface area contributed by atoms with Gasteiger partial charge in [-0.05, 0) is 194 Å². The number of hydrogen-bond donors (Lipinski definition) is 4. The van der Waals surface area contributed by atoms with Gasteiger partial charge in [0, 0.05) is 36.9 Å². The Morgan fingerprint density at radius 1 is 0.586 bits per heavy atom. The molecule has 0 unspecified atom stereocenters. The van der Waals surface area contributed by atoms with Gasteiger partial charge < -0.3 is 30.3 Å². The lowest BCUT2D eigenvalue weighted by Crippen LogP contribution is -2.30. The van der Waals surface area contributed by atoms with E-state index in [9.17, 15) is 46.1 Å². The quantitative estimate of drug-likeness (QED) is 0.0779. The minimum absolute atomic E-state index is 0.0926. The molecular formula is C54H54F6N4O6. The van der Waals surface area contributed by atoms with E-state index < -0.39 is 37.5 Å². The average molecular weight is 969 g/mol. The lowest BCUT2D eigenvalue weighted by Gasteiger charge is -2.28. The van der Waals surface area contributed by atoms with Crippen molar-refractivity contribution in [3.8, 4) is 33.8 Å². The monoisotopic (exact) mass is 968 g/mol. The molecule has 70 heavy (non-hydrogen) atoms. The number of carboxylic acids is 2. The predicted octanol–water partition coefficient (Wildman–Crippen LogP) is 11.6. The molecule has 4 N–H and O–H groups in total. The molecule has 368 valence electrons. The van der Waals surface area contributed by atoms with E-state index in [1.165, 1.54) is 46.8 Å². The fraction of sp³-hybridized carbons (Fsp3) is 0.333. The van der Waals surface area contributed by atoms with Crippen LogP contribution in [0.2, 0.25) is 0 Å². The molecule has 0 saturated heterocycles. The Balaban J connectivity index is 0.000000206. The number of benzene rings is 4. The van der Waals surface area contributed by atoms with Gasteiger partial charge in [0.05, 0.1) is 11.1 Å². The normalized spacial score (nSPS) is 15.5. The summed E-state index contributed by atoms with van der Waals surface area (Å²) >= 11 is 0. The summed E-state index contributed by atoms with van der Waals surface area (Å²) in [7, 11) is 0. The van der Waals surface area contributed by atoms with Gasteiger partial charge in [0.2, 0.25) is 0 Å². The first kappa shape index (κ1) is 51.1. The van der Waals surface area contributed by atoms with Crippen molar-refractivity contribution in [1.82, 2.24) is 20.6 Å². The third kappa shape index (κ3) is 12.9. The first-order valence-electron chi connectivity index (χ1n) is 22.9. The maximum Gasteiger partial charge on any atom is 0.422 e. The van der Waals surface area contributed by atoms with E-state index in [0.29, 0.717) is 24.0 Å². The molecule has 0 bridgehead atoms. The minimum atomic E-state index is -4.38. The average Bonchev–Trinajstić information content (AvgIpc) is 3.30. The molecule has 8 rings (SSSR count). The fourth-order valence-corrected chi connectivity index (χ4v) is 9.66. The Bertz CT molecular complexity index is 2630. The smallest absolute Gasteiger partial charge is 0.422 e. The van der Waals surface area contributed by atoms with Gasteiger partial charge in [0.25, 0.3) is 0 Å². The van der Waals surface area contributed by atoms with Gasteiger partial charge in [-0.3, -0.25) is 9.97 Å². The van der Waals surface area contributed by atoms with Crippen LogP contribution in [0.25, 0.3) is 22.3 Å². The molecule has 0 spiro atoms. The van der Waals surface area contributed by atoms with Gasteiger partial charge in [-0.1, -0.05) is 36.4 Å². The zero-order valence-corrected chi connectivity index (χ0v) is 39.2.